The van der Waals surface area contributed by atoms with Crippen molar-refractivity contribution in [3.8, 4) is 0 Å². The number of anilines is 1. The first-order valence-corrected chi connectivity index (χ1v) is 4.63. The predicted molar refractivity (Wildman–Crippen MR) is 61.8 cm³/mol. The number of benzene rings is 1. The van der Waals surface area contributed by atoms with Crippen LogP contribution < -0.4 is 16.0 Å². The summed E-state index contributed by atoms with van der Waals surface area (Å²) in [4.78, 5) is 12.8. The van der Waals surface area contributed by atoms with E-state index in [1.54, 1.807) is 38.4 Å². The van der Waals surface area contributed by atoms with Crippen LogP contribution in [0.1, 0.15) is 5.56 Å². The molecule has 1 aromatic carbocycles. The van der Waals surface area contributed by atoms with Gasteiger partial charge in [0.25, 0.3) is 0 Å². The number of hydrogen-bond donors (Lipinski definition) is 3. The minimum atomic E-state index is -0.239. The number of nitrogens with two attached hydrogens (primary N) is 1. The summed E-state index contributed by atoms with van der Waals surface area (Å²) in [6.45, 7) is 0. The van der Waals surface area contributed by atoms with Crippen LogP contribution in [0.25, 0.3) is 0 Å². The van der Waals surface area contributed by atoms with E-state index >= 15 is 0 Å². The van der Waals surface area contributed by atoms with Crippen molar-refractivity contribution in [1.82, 2.24) is 5.32 Å². The van der Waals surface area contributed by atoms with Crippen LogP contribution >= 0.6 is 0 Å². The lowest BCUT2D eigenvalue weighted by Crippen LogP contribution is -2.34. The van der Waals surface area contributed by atoms with Gasteiger partial charge in [-0.25, -0.2) is 4.79 Å². The highest BCUT2D eigenvalue weighted by Crippen LogP contribution is 2.14. The van der Waals surface area contributed by atoms with E-state index in [2.05, 4.69) is 10.5 Å². The Kier molecular flexibility index (Phi) is 3.71. The molecule has 86 valence electrons. The molecule has 0 spiro atoms. The van der Waals surface area contributed by atoms with Crippen molar-refractivity contribution in [3.05, 3.63) is 29.8 Å². The summed E-state index contributed by atoms with van der Waals surface area (Å²) in [5.41, 5.74) is 6.66. The molecule has 0 saturated heterocycles. The molecule has 0 bridgehead atoms. The van der Waals surface area contributed by atoms with Crippen molar-refractivity contribution in [2.75, 3.05) is 19.0 Å². The maximum atomic E-state index is 11.4. The van der Waals surface area contributed by atoms with E-state index in [9.17, 15) is 4.79 Å². The van der Waals surface area contributed by atoms with Gasteiger partial charge in [-0.2, -0.15) is 0 Å². The van der Waals surface area contributed by atoms with E-state index in [0.29, 0.717) is 11.3 Å². The summed E-state index contributed by atoms with van der Waals surface area (Å²) in [5, 5.41) is 13.9. The van der Waals surface area contributed by atoms with Crippen LogP contribution in [0.4, 0.5) is 10.5 Å². The van der Waals surface area contributed by atoms with Gasteiger partial charge in [0.1, 0.15) is 0 Å². The number of urea groups is 1. The van der Waals surface area contributed by atoms with Gasteiger partial charge in [-0.15, -0.1) is 0 Å². The van der Waals surface area contributed by atoms with Gasteiger partial charge in [-0.1, -0.05) is 17.3 Å². The second kappa shape index (κ2) is 5.01. The van der Waals surface area contributed by atoms with Crippen molar-refractivity contribution in [2.24, 2.45) is 10.9 Å². The van der Waals surface area contributed by atoms with Gasteiger partial charge in [0.15, 0.2) is 5.84 Å². The van der Waals surface area contributed by atoms with Gasteiger partial charge in [0, 0.05) is 25.3 Å². The SMILES string of the molecule is CNC(=O)N(C)c1cccc(/C(N)=N/O)c1. The summed E-state index contributed by atoms with van der Waals surface area (Å²) in [6, 6.07) is 6.59. The first-order valence-electron chi connectivity index (χ1n) is 4.63. The fraction of sp³-hybridized carbons (Fsp3) is 0.200. The zero-order valence-corrected chi connectivity index (χ0v) is 9.14. The fourth-order valence-corrected chi connectivity index (χ4v) is 1.22. The largest absolute Gasteiger partial charge is 0.409 e. The molecule has 0 fully saturated rings. The third-order valence-corrected chi connectivity index (χ3v) is 2.16. The molecule has 0 unspecified atom stereocenters. The number of oxime groups is 1. The predicted octanol–water partition coefficient (Wildman–Crippen LogP) is 0.557. The van der Waals surface area contributed by atoms with Gasteiger partial charge >= 0.3 is 6.03 Å². The van der Waals surface area contributed by atoms with Crippen molar-refractivity contribution in [2.45, 2.75) is 0 Å². The van der Waals surface area contributed by atoms with Crippen LogP contribution in [0.15, 0.2) is 29.4 Å². The van der Waals surface area contributed by atoms with Gasteiger partial charge in [-0.3, -0.25) is 4.90 Å². The topological polar surface area (TPSA) is 91.0 Å². The van der Waals surface area contributed by atoms with Crippen LogP contribution in [0.2, 0.25) is 0 Å². The van der Waals surface area contributed by atoms with Gasteiger partial charge in [0.05, 0.1) is 0 Å². The third-order valence-electron chi connectivity index (χ3n) is 2.16. The summed E-state index contributed by atoms with van der Waals surface area (Å²) < 4.78 is 0. The highest BCUT2D eigenvalue weighted by atomic mass is 16.4. The minimum Gasteiger partial charge on any atom is -0.409 e. The van der Waals surface area contributed by atoms with E-state index in [-0.39, 0.29) is 11.9 Å². The molecule has 16 heavy (non-hydrogen) atoms. The number of hydrogen-bond acceptors (Lipinski definition) is 3. The standard InChI is InChI=1S/C10H14N4O2/c1-12-10(15)14(2)8-5-3-4-7(6-8)9(11)13-16/h3-6,16H,1-2H3,(H2,11,13)(H,12,15). The number of nitrogens with one attached hydrogen (secondary N) is 1. The second-order valence-electron chi connectivity index (χ2n) is 3.15. The number of nitrogens with zero attached hydrogens (tertiary/aromatic N) is 2. The van der Waals surface area contributed by atoms with Crippen LogP contribution in [-0.2, 0) is 0 Å². The Hall–Kier alpha value is -2.24. The lowest BCUT2D eigenvalue weighted by Gasteiger charge is -2.17. The average Bonchev–Trinajstić information content (AvgIpc) is 2.36. The van der Waals surface area contributed by atoms with Crippen molar-refractivity contribution in [1.29, 1.82) is 0 Å². The van der Waals surface area contributed by atoms with E-state index in [1.165, 1.54) is 4.90 Å². The Labute approximate surface area is 93.3 Å². The maximum Gasteiger partial charge on any atom is 0.321 e. The van der Waals surface area contributed by atoms with E-state index in [0.717, 1.165) is 0 Å². The zero-order chi connectivity index (χ0) is 12.1. The Morgan fingerprint density at radius 3 is 2.81 bits per heavy atom. The molecule has 0 atom stereocenters. The average molecular weight is 222 g/mol. The van der Waals surface area contributed by atoms with Crippen LogP contribution in [-0.4, -0.2) is 31.2 Å². The van der Waals surface area contributed by atoms with E-state index in [4.69, 9.17) is 10.9 Å². The first-order chi connectivity index (χ1) is 7.60. The molecule has 1 rings (SSSR count). The number of amidine groups is 1. The summed E-state index contributed by atoms with van der Waals surface area (Å²) in [7, 11) is 3.18. The lowest BCUT2D eigenvalue weighted by atomic mass is 10.2. The zero-order valence-electron chi connectivity index (χ0n) is 9.14. The number of carbonyl (C=O) groups excluding carboxylic acids is 1. The van der Waals surface area contributed by atoms with Crippen LogP contribution in [0, 0.1) is 0 Å². The van der Waals surface area contributed by atoms with E-state index in [1.807, 2.05) is 0 Å². The maximum absolute atomic E-state index is 11.4. The molecular weight excluding hydrogens is 208 g/mol. The highest BCUT2D eigenvalue weighted by molar-refractivity contribution is 5.99. The number of rotatable bonds is 2. The molecule has 0 aliphatic rings. The molecule has 0 saturated carbocycles. The van der Waals surface area contributed by atoms with Crippen molar-refractivity contribution < 1.29 is 10.0 Å². The van der Waals surface area contributed by atoms with Crippen LogP contribution in [0.3, 0.4) is 0 Å². The first kappa shape index (κ1) is 11.8. The fourth-order valence-electron chi connectivity index (χ4n) is 1.22. The molecule has 0 radical (unpaired) electrons. The number of carbonyl (C=O) groups is 1. The monoisotopic (exact) mass is 222 g/mol. The molecule has 6 nitrogen and oxygen atoms in total. The molecule has 0 heterocycles. The molecule has 0 aliphatic carbocycles. The molecule has 0 aromatic heterocycles. The normalized spacial score (nSPS) is 11.0. The molecule has 1 aromatic rings. The molecular formula is C10H14N4O2. The van der Waals surface area contributed by atoms with Gasteiger partial charge in [0.2, 0.25) is 0 Å². The van der Waals surface area contributed by atoms with Crippen molar-refractivity contribution in [3.63, 3.8) is 0 Å². The summed E-state index contributed by atoms with van der Waals surface area (Å²) in [6.07, 6.45) is 0. The quantitative estimate of drug-likeness (QED) is 0.295. The molecule has 2 amide bonds. The second-order valence-corrected chi connectivity index (χ2v) is 3.15. The third kappa shape index (κ3) is 2.41. The Morgan fingerprint density at radius 1 is 1.56 bits per heavy atom. The summed E-state index contributed by atoms with van der Waals surface area (Å²) >= 11 is 0. The molecule has 4 N–H and O–H groups in total. The highest BCUT2D eigenvalue weighted by Gasteiger charge is 2.09. The van der Waals surface area contributed by atoms with E-state index < -0.39 is 0 Å². The molecule has 0 aliphatic heterocycles. The number of amides is 2. The Balaban J connectivity index is 3.03. The molecule has 6 heteroatoms. The Bertz CT molecular complexity index is 417. The smallest absolute Gasteiger partial charge is 0.321 e. The summed E-state index contributed by atoms with van der Waals surface area (Å²) in [5.74, 6) is 0.00663. The lowest BCUT2D eigenvalue weighted by molar-refractivity contribution is 0.249. The van der Waals surface area contributed by atoms with Gasteiger partial charge < -0.3 is 16.3 Å². The Morgan fingerprint density at radius 2 is 2.25 bits per heavy atom. The minimum absolute atomic E-state index is 0.00663. The van der Waals surface area contributed by atoms with Gasteiger partial charge in [-0.05, 0) is 12.1 Å². The van der Waals surface area contributed by atoms with Crippen molar-refractivity contribution >= 4 is 17.6 Å². The van der Waals surface area contributed by atoms with Crippen LogP contribution in [0.5, 0.6) is 0 Å².